The SMILES string of the molecule is COC(CNC(=O)Nc1ccc(-c2ccc(NC(=O)NCC(OC)OC)cc2)cc1)OC. The van der Waals surface area contributed by atoms with Gasteiger partial charge in [-0.05, 0) is 35.4 Å². The lowest BCUT2D eigenvalue weighted by Gasteiger charge is -2.15. The first-order valence-corrected chi connectivity index (χ1v) is 9.90. The summed E-state index contributed by atoms with van der Waals surface area (Å²) in [7, 11) is 6.02. The number of nitrogens with one attached hydrogen (secondary N) is 4. The summed E-state index contributed by atoms with van der Waals surface area (Å²) >= 11 is 0. The Labute approximate surface area is 187 Å². The van der Waals surface area contributed by atoms with Crippen LogP contribution in [0.3, 0.4) is 0 Å². The molecular formula is C22H30N4O6. The van der Waals surface area contributed by atoms with E-state index >= 15 is 0 Å². The van der Waals surface area contributed by atoms with Gasteiger partial charge in [0.2, 0.25) is 0 Å². The molecule has 0 aliphatic heterocycles. The van der Waals surface area contributed by atoms with Gasteiger partial charge in [-0.2, -0.15) is 0 Å². The molecule has 0 aliphatic rings. The van der Waals surface area contributed by atoms with Gasteiger partial charge in [0, 0.05) is 39.8 Å². The minimum absolute atomic E-state index is 0.231. The van der Waals surface area contributed by atoms with Crippen LogP contribution in [0.5, 0.6) is 0 Å². The maximum atomic E-state index is 12.0. The lowest BCUT2D eigenvalue weighted by molar-refractivity contribution is -0.0971. The maximum Gasteiger partial charge on any atom is 0.319 e. The van der Waals surface area contributed by atoms with Gasteiger partial charge in [0.25, 0.3) is 0 Å². The number of ether oxygens (including phenoxy) is 4. The number of methoxy groups -OCH3 is 4. The third kappa shape index (κ3) is 8.16. The van der Waals surface area contributed by atoms with Crippen LogP contribution in [-0.2, 0) is 18.9 Å². The second-order valence-corrected chi connectivity index (χ2v) is 6.63. The predicted octanol–water partition coefficient (Wildman–Crippen LogP) is 2.83. The molecular weight excluding hydrogens is 416 g/mol. The number of carbonyl (C=O) groups excluding carboxylic acids is 2. The summed E-state index contributed by atoms with van der Waals surface area (Å²) in [4.78, 5) is 23.9. The van der Waals surface area contributed by atoms with Gasteiger partial charge in [0.1, 0.15) is 0 Å². The molecule has 4 amide bonds. The molecule has 0 radical (unpaired) electrons. The zero-order chi connectivity index (χ0) is 23.3. The molecule has 0 saturated carbocycles. The zero-order valence-corrected chi connectivity index (χ0v) is 18.6. The van der Waals surface area contributed by atoms with Crippen molar-refractivity contribution in [3.8, 4) is 11.1 Å². The second-order valence-electron chi connectivity index (χ2n) is 6.63. The Balaban J connectivity index is 1.86. The van der Waals surface area contributed by atoms with Crippen molar-refractivity contribution < 1.29 is 28.5 Å². The fourth-order valence-corrected chi connectivity index (χ4v) is 2.72. The van der Waals surface area contributed by atoms with Crippen LogP contribution in [0.15, 0.2) is 48.5 Å². The van der Waals surface area contributed by atoms with E-state index in [1.54, 1.807) is 24.3 Å². The summed E-state index contributed by atoms with van der Waals surface area (Å²) in [6.45, 7) is 0.462. The largest absolute Gasteiger partial charge is 0.354 e. The van der Waals surface area contributed by atoms with E-state index in [1.807, 2.05) is 24.3 Å². The molecule has 0 fully saturated rings. The quantitative estimate of drug-likeness (QED) is 0.394. The number of urea groups is 2. The Kier molecular flexibility index (Phi) is 10.4. The van der Waals surface area contributed by atoms with Crippen molar-refractivity contribution in [2.45, 2.75) is 12.6 Å². The van der Waals surface area contributed by atoms with E-state index in [1.165, 1.54) is 28.4 Å². The summed E-state index contributed by atoms with van der Waals surface area (Å²) in [5.74, 6) is 0. The monoisotopic (exact) mass is 446 g/mol. The van der Waals surface area contributed by atoms with Crippen molar-refractivity contribution >= 4 is 23.4 Å². The van der Waals surface area contributed by atoms with E-state index in [0.29, 0.717) is 11.4 Å². The number of hydrogen-bond donors (Lipinski definition) is 4. The average molecular weight is 447 g/mol. The molecule has 32 heavy (non-hydrogen) atoms. The summed E-state index contributed by atoms with van der Waals surface area (Å²) in [6, 6.07) is 14.1. The molecule has 174 valence electrons. The van der Waals surface area contributed by atoms with Crippen molar-refractivity contribution in [1.82, 2.24) is 10.6 Å². The van der Waals surface area contributed by atoms with Gasteiger partial charge < -0.3 is 40.2 Å². The van der Waals surface area contributed by atoms with Crippen molar-refractivity contribution in [1.29, 1.82) is 0 Å². The summed E-state index contributed by atoms with van der Waals surface area (Å²) in [6.07, 6.45) is -1.00. The number of anilines is 2. The van der Waals surface area contributed by atoms with Gasteiger partial charge in [-0.3, -0.25) is 0 Å². The van der Waals surface area contributed by atoms with Crippen LogP contribution in [0.1, 0.15) is 0 Å². The maximum absolute atomic E-state index is 12.0. The third-order valence-electron chi connectivity index (χ3n) is 4.53. The molecule has 0 bridgehead atoms. The number of benzene rings is 2. The Morgan fingerprint density at radius 2 is 0.938 bits per heavy atom. The molecule has 0 atom stereocenters. The van der Waals surface area contributed by atoms with E-state index < -0.39 is 12.6 Å². The molecule has 2 aromatic rings. The molecule has 2 rings (SSSR count). The van der Waals surface area contributed by atoms with Crippen molar-refractivity contribution in [2.75, 3.05) is 52.2 Å². The fraction of sp³-hybridized carbons (Fsp3) is 0.364. The topological polar surface area (TPSA) is 119 Å². The van der Waals surface area contributed by atoms with Crippen LogP contribution >= 0.6 is 0 Å². The van der Waals surface area contributed by atoms with Crippen LogP contribution < -0.4 is 21.3 Å². The first kappa shape index (κ1) is 25.1. The van der Waals surface area contributed by atoms with Crippen molar-refractivity contribution in [3.63, 3.8) is 0 Å². The molecule has 0 spiro atoms. The highest BCUT2D eigenvalue weighted by Crippen LogP contribution is 2.23. The fourth-order valence-electron chi connectivity index (χ4n) is 2.72. The highest BCUT2D eigenvalue weighted by molar-refractivity contribution is 5.90. The minimum Gasteiger partial charge on any atom is -0.354 e. The molecule has 10 heteroatoms. The minimum atomic E-state index is -0.501. The zero-order valence-electron chi connectivity index (χ0n) is 18.6. The van der Waals surface area contributed by atoms with E-state index in [-0.39, 0.29) is 25.2 Å². The molecule has 0 heterocycles. The standard InChI is InChI=1S/C22H30N4O6/c1-29-19(30-2)13-23-21(27)25-17-9-5-15(6-10-17)16-7-11-18(12-8-16)26-22(28)24-14-20(31-3)32-4/h5-12,19-20H,13-14H2,1-4H3,(H2,23,25,27)(H2,24,26,28). The first-order valence-electron chi connectivity index (χ1n) is 9.90. The van der Waals surface area contributed by atoms with Crippen molar-refractivity contribution in [3.05, 3.63) is 48.5 Å². The van der Waals surface area contributed by atoms with E-state index in [0.717, 1.165) is 11.1 Å². The summed E-state index contributed by atoms with van der Waals surface area (Å²) in [5.41, 5.74) is 3.23. The van der Waals surface area contributed by atoms with Crippen LogP contribution in [-0.4, -0.2) is 66.2 Å². The summed E-state index contributed by atoms with van der Waals surface area (Å²) in [5, 5.41) is 10.8. The van der Waals surface area contributed by atoms with Crippen LogP contribution in [0.25, 0.3) is 11.1 Å². The normalized spacial score (nSPS) is 10.8. The number of carbonyl (C=O) groups is 2. The summed E-state index contributed by atoms with van der Waals surface area (Å²) < 4.78 is 20.1. The molecule has 2 aromatic carbocycles. The van der Waals surface area contributed by atoms with Gasteiger partial charge in [-0.15, -0.1) is 0 Å². The number of amides is 4. The van der Waals surface area contributed by atoms with Crippen molar-refractivity contribution in [2.24, 2.45) is 0 Å². The van der Waals surface area contributed by atoms with Gasteiger partial charge >= 0.3 is 12.1 Å². The number of hydrogen-bond acceptors (Lipinski definition) is 6. The average Bonchev–Trinajstić information content (AvgIpc) is 2.81. The van der Waals surface area contributed by atoms with Gasteiger partial charge in [-0.25, -0.2) is 9.59 Å². The van der Waals surface area contributed by atoms with Crippen LogP contribution in [0.2, 0.25) is 0 Å². The smallest absolute Gasteiger partial charge is 0.319 e. The van der Waals surface area contributed by atoms with E-state index in [9.17, 15) is 9.59 Å². The first-order chi connectivity index (χ1) is 15.5. The Bertz CT molecular complexity index is 765. The van der Waals surface area contributed by atoms with E-state index in [2.05, 4.69) is 21.3 Å². The van der Waals surface area contributed by atoms with Gasteiger partial charge in [-0.1, -0.05) is 24.3 Å². The van der Waals surface area contributed by atoms with Gasteiger partial charge in [0.15, 0.2) is 12.6 Å². The van der Waals surface area contributed by atoms with Gasteiger partial charge in [0.05, 0.1) is 13.1 Å². The highest BCUT2D eigenvalue weighted by atomic mass is 16.7. The predicted molar refractivity (Wildman–Crippen MR) is 122 cm³/mol. The van der Waals surface area contributed by atoms with Crippen LogP contribution in [0.4, 0.5) is 21.0 Å². The van der Waals surface area contributed by atoms with Crippen LogP contribution in [0, 0.1) is 0 Å². The molecule has 0 unspecified atom stereocenters. The van der Waals surface area contributed by atoms with E-state index in [4.69, 9.17) is 18.9 Å². The Morgan fingerprint density at radius 1 is 0.625 bits per heavy atom. The third-order valence-corrected chi connectivity index (χ3v) is 4.53. The molecule has 4 N–H and O–H groups in total. The lowest BCUT2D eigenvalue weighted by Crippen LogP contribution is -2.36. The molecule has 0 aromatic heterocycles. The molecule has 10 nitrogen and oxygen atoms in total. The highest BCUT2D eigenvalue weighted by Gasteiger charge is 2.09. The molecule has 0 aliphatic carbocycles. The Morgan fingerprint density at radius 3 is 1.22 bits per heavy atom. The lowest BCUT2D eigenvalue weighted by atomic mass is 10.1. The second kappa shape index (κ2) is 13.3. The number of rotatable bonds is 11. The Hall–Kier alpha value is -3.18. The molecule has 0 saturated heterocycles.